The highest BCUT2D eigenvalue weighted by Gasteiger charge is 2.12. The first-order valence-corrected chi connectivity index (χ1v) is 5.99. The molecule has 0 bridgehead atoms. The third-order valence-electron chi connectivity index (χ3n) is 2.92. The molecule has 2 aromatic rings. The molecule has 0 aliphatic rings. The molecule has 0 saturated carbocycles. The summed E-state index contributed by atoms with van der Waals surface area (Å²) in [7, 11) is 1.62. The Kier molecular flexibility index (Phi) is 3.67. The Bertz CT molecular complexity index is 532. The van der Waals surface area contributed by atoms with Crippen molar-refractivity contribution in [3.8, 4) is 17.0 Å². The fourth-order valence-corrected chi connectivity index (χ4v) is 2.02. The van der Waals surface area contributed by atoms with Crippen molar-refractivity contribution < 1.29 is 9.84 Å². The minimum atomic E-state index is -0.0180. The normalized spacial score (nSPS) is 10.9. The lowest BCUT2D eigenvalue weighted by atomic mass is 10.0. The van der Waals surface area contributed by atoms with E-state index in [2.05, 4.69) is 18.9 Å². The maximum atomic E-state index is 9.48. The molecule has 0 aliphatic carbocycles. The Balaban J connectivity index is 2.53. The molecule has 0 unspecified atom stereocenters. The fourth-order valence-electron chi connectivity index (χ4n) is 2.02. The molecule has 96 valence electrons. The standard InChI is InChI=1S/C14H18N2O2/c1-10(2)16-14(6-7-15-16)13-5-4-12(18-3)8-11(13)9-17/h4-8,10,17H,9H2,1-3H3. The number of nitrogens with zero attached hydrogens (tertiary/aromatic N) is 2. The van der Waals surface area contributed by atoms with Crippen LogP contribution in [0.5, 0.6) is 5.75 Å². The van der Waals surface area contributed by atoms with E-state index in [0.29, 0.717) is 0 Å². The van der Waals surface area contributed by atoms with Crippen LogP contribution < -0.4 is 4.74 Å². The van der Waals surface area contributed by atoms with Gasteiger partial charge in [0, 0.05) is 17.8 Å². The van der Waals surface area contributed by atoms with E-state index in [-0.39, 0.29) is 12.6 Å². The Labute approximate surface area is 107 Å². The minimum Gasteiger partial charge on any atom is -0.497 e. The monoisotopic (exact) mass is 246 g/mol. The average Bonchev–Trinajstić information content (AvgIpc) is 2.87. The van der Waals surface area contributed by atoms with Crippen LogP contribution in [0.1, 0.15) is 25.5 Å². The first-order chi connectivity index (χ1) is 8.67. The Morgan fingerprint density at radius 3 is 2.72 bits per heavy atom. The molecule has 0 fully saturated rings. The quantitative estimate of drug-likeness (QED) is 0.902. The van der Waals surface area contributed by atoms with Crippen LogP contribution in [0, 0.1) is 0 Å². The first kappa shape index (κ1) is 12.6. The highest BCUT2D eigenvalue weighted by molar-refractivity contribution is 5.65. The van der Waals surface area contributed by atoms with E-state index in [4.69, 9.17) is 4.74 Å². The van der Waals surface area contributed by atoms with Crippen molar-refractivity contribution in [2.24, 2.45) is 0 Å². The van der Waals surface area contributed by atoms with Crippen molar-refractivity contribution in [2.75, 3.05) is 7.11 Å². The summed E-state index contributed by atoms with van der Waals surface area (Å²) in [5.74, 6) is 0.749. The molecule has 18 heavy (non-hydrogen) atoms. The second-order valence-corrected chi connectivity index (χ2v) is 4.44. The van der Waals surface area contributed by atoms with Crippen molar-refractivity contribution in [3.63, 3.8) is 0 Å². The molecule has 0 spiro atoms. The number of hydrogen-bond donors (Lipinski definition) is 1. The number of benzene rings is 1. The van der Waals surface area contributed by atoms with Gasteiger partial charge in [0.15, 0.2) is 0 Å². The molecule has 0 saturated heterocycles. The topological polar surface area (TPSA) is 47.3 Å². The summed E-state index contributed by atoms with van der Waals surface area (Å²) in [4.78, 5) is 0. The van der Waals surface area contributed by atoms with Crippen LogP contribution in [0.3, 0.4) is 0 Å². The second-order valence-electron chi connectivity index (χ2n) is 4.44. The SMILES string of the molecule is COc1ccc(-c2ccnn2C(C)C)c(CO)c1. The van der Waals surface area contributed by atoms with Gasteiger partial charge in [0.2, 0.25) is 0 Å². The van der Waals surface area contributed by atoms with Crippen molar-refractivity contribution in [2.45, 2.75) is 26.5 Å². The Morgan fingerprint density at radius 2 is 2.11 bits per heavy atom. The van der Waals surface area contributed by atoms with E-state index in [1.54, 1.807) is 13.3 Å². The van der Waals surface area contributed by atoms with Crippen molar-refractivity contribution in [3.05, 3.63) is 36.0 Å². The number of rotatable bonds is 4. The largest absolute Gasteiger partial charge is 0.497 e. The molecule has 0 aliphatic heterocycles. The van der Waals surface area contributed by atoms with Crippen LogP contribution in [-0.2, 0) is 6.61 Å². The van der Waals surface area contributed by atoms with Crippen molar-refractivity contribution in [1.82, 2.24) is 9.78 Å². The van der Waals surface area contributed by atoms with Crippen molar-refractivity contribution in [1.29, 1.82) is 0 Å². The summed E-state index contributed by atoms with van der Waals surface area (Å²) in [6.07, 6.45) is 1.78. The van der Waals surface area contributed by atoms with E-state index in [0.717, 1.165) is 22.6 Å². The van der Waals surface area contributed by atoms with E-state index < -0.39 is 0 Å². The molecule has 1 N–H and O–H groups in total. The zero-order valence-corrected chi connectivity index (χ0v) is 10.9. The summed E-state index contributed by atoms with van der Waals surface area (Å²) < 4.78 is 7.12. The van der Waals surface area contributed by atoms with Crippen LogP contribution in [0.4, 0.5) is 0 Å². The maximum Gasteiger partial charge on any atom is 0.119 e. The number of ether oxygens (including phenoxy) is 1. The van der Waals surface area contributed by atoms with E-state index >= 15 is 0 Å². The predicted octanol–water partition coefficient (Wildman–Crippen LogP) is 2.63. The van der Waals surface area contributed by atoms with Gasteiger partial charge in [-0.1, -0.05) is 0 Å². The van der Waals surface area contributed by atoms with Crippen molar-refractivity contribution >= 4 is 0 Å². The summed E-state index contributed by atoms with van der Waals surface area (Å²) in [5.41, 5.74) is 2.85. The zero-order chi connectivity index (χ0) is 13.1. The molecule has 0 amide bonds. The zero-order valence-electron chi connectivity index (χ0n) is 10.9. The van der Waals surface area contributed by atoms with Gasteiger partial charge in [0.05, 0.1) is 19.4 Å². The number of hydrogen-bond acceptors (Lipinski definition) is 3. The van der Waals surface area contributed by atoms with Gasteiger partial charge in [-0.15, -0.1) is 0 Å². The summed E-state index contributed by atoms with van der Waals surface area (Å²) in [6, 6.07) is 7.95. The number of aromatic nitrogens is 2. The molecule has 1 aromatic heterocycles. The second kappa shape index (κ2) is 5.23. The Hall–Kier alpha value is -1.81. The van der Waals surface area contributed by atoms with Gasteiger partial charge in [-0.05, 0) is 43.7 Å². The van der Waals surface area contributed by atoms with Crippen LogP contribution in [0.25, 0.3) is 11.3 Å². The van der Waals surface area contributed by atoms with Crippen LogP contribution >= 0.6 is 0 Å². The van der Waals surface area contributed by atoms with Gasteiger partial charge >= 0.3 is 0 Å². The molecule has 1 aromatic carbocycles. The number of aliphatic hydroxyl groups excluding tert-OH is 1. The van der Waals surface area contributed by atoms with Crippen LogP contribution in [-0.4, -0.2) is 22.0 Å². The maximum absolute atomic E-state index is 9.48. The van der Waals surface area contributed by atoms with Gasteiger partial charge in [0.1, 0.15) is 5.75 Å². The van der Waals surface area contributed by atoms with Gasteiger partial charge < -0.3 is 9.84 Å². The summed E-state index contributed by atoms with van der Waals surface area (Å²) in [6.45, 7) is 4.15. The number of aliphatic hydroxyl groups is 1. The van der Waals surface area contributed by atoms with Crippen LogP contribution in [0.2, 0.25) is 0 Å². The molecular weight excluding hydrogens is 228 g/mol. The molecule has 0 atom stereocenters. The van der Waals surface area contributed by atoms with Gasteiger partial charge in [-0.2, -0.15) is 5.10 Å². The summed E-state index contributed by atoms with van der Waals surface area (Å²) in [5, 5.41) is 13.8. The van der Waals surface area contributed by atoms with E-state index in [9.17, 15) is 5.11 Å². The predicted molar refractivity (Wildman–Crippen MR) is 70.5 cm³/mol. The molecule has 4 nitrogen and oxygen atoms in total. The molecule has 1 heterocycles. The fraction of sp³-hybridized carbons (Fsp3) is 0.357. The highest BCUT2D eigenvalue weighted by Crippen LogP contribution is 2.28. The third kappa shape index (κ3) is 2.24. The highest BCUT2D eigenvalue weighted by atomic mass is 16.5. The molecule has 0 radical (unpaired) electrons. The average molecular weight is 246 g/mol. The first-order valence-electron chi connectivity index (χ1n) is 5.99. The lowest BCUT2D eigenvalue weighted by Crippen LogP contribution is -2.05. The Morgan fingerprint density at radius 1 is 1.33 bits per heavy atom. The lowest BCUT2D eigenvalue weighted by Gasteiger charge is -2.14. The molecular formula is C14H18N2O2. The molecule has 4 heteroatoms. The van der Waals surface area contributed by atoms with Gasteiger partial charge in [-0.25, -0.2) is 0 Å². The van der Waals surface area contributed by atoms with Gasteiger partial charge in [0.25, 0.3) is 0 Å². The van der Waals surface area contributed by atoms with Gasteiger partial charge in [-0.3, -0.25) is 4.68 Å². The minimum absolute atomic E-state index is 0.0180. The van der Waals surface area contributed by atoms with E-state index in [1.165, 1.54) is 0 Å². The third-order valence-corrected chi connectivity index (χ3v) is 2.92. The summed E-state index contributed by atoms with van der Waals surface area (Å²) >= 11 is 0. The number of methoxy groups -OCH3 is 1. The molecule has 2 rings (SSSR count). The van der Waals surface area contributed by atoms with Crippen LogP contribution in [0.15, 0.2) is 30.5 Å². The smallest absolute Gasteiger partial charge is 0.119 e. The lowest BCUT2D eigenvalue weighted by molar-refractivity contribution is 0.281. The van der Waals surface area contributed by atoms with E-state index in [1.807, 2.05) is 28.9 Å².